The molecule has 0 atom stereocenters. The number of hydrogen-bond acceptors (Lipinski definition) is 8. The van der Waals surface area contributed by atoms with Crippen molar-refractivity contribution >= 4 is 21.8 Å². The molecule has 1 aromatic rings. The highest BCUT2D eigenvalue weighted by molar-refractivity contribution is 7.88. The maximum absolute atomic E-state index is 12.0. The van der Waals surface area contributed by atoms with E-state index in [-0.39, 0.29) is 12.4 Å². The van der Waals surface area contributed by atoms with E-state index in [1.165, 1.54) is 16.6 Å². The van der Waals surface area contributed by atoms with Crippen LogP contribution in [0.15, 0.2) is 6.07 Å². The first-order valence-corrected chi connectivity index (χ1v) is 10.8. The van der Waals surface area contributed by atoms with Crippen LogP contribution in [0.3, 0.4) is 0 Å². The van der Waals surface area contributed by atoms with Gasteiger partial charge in [-0.05, 0) is 34.6 Å². The molecule has 158 valence electrons. The number of alkyl carbamates (subject to hydrolysis) is 1. The summed E-state index contributed by atoms with van der Waals surface area (Å²) >= 11 is 0. The van der Waals surface area contributed by atoms with Gasteiger partial charge in [-0.25, -0.2) is 13.2 Å². The normalized spacial score (nSPS) is 18.0. The van der Waals surface area contributed by atoms with E-state index in [9.17, 15) is 18.3 Å². The number of piperazine rings is 1. The molecule has 1 aliphatic rings. The van der Waals surface area contributed by atoms with E-state index in [1.54, 1.807) is 20.8 Å². The molecule has 28 heavy (non-hydrogen) atoms. The van der Waals surface area contributed by atoms with E-state index < -0.39 is 27.3 Å². The standard InChI is InChI=1S/C17H29N5O5S/c1-16(2,3)27-15(24)18-10-12-13(9-14(23)20-19-12)21-7-8-22(28(6,25)26)17(4,5)11-21/h9H,7-8,10-11H2,1-6H3,(H,18,24)(H,20,23). The molecule has 0 aromatic carbocycles. The Kier molecular flexibility index (Phi) is 6.10. The number of ether oxygens (including phenoxy) is 1. The summed E-state index contributed by atoms with van der Waals surface area (Å²) in [6.45, 7) is 10.1. The molecule has 0 spiro atoms. The maximum atomic E-state index is 12.0. The molecule has 2 heterocycles. The molecule has 10 nitrogen and oxygen atoms in total. The fourth-order valence-electron chi connectivity index (χ4n) is 3.23. The zero-order valence-corrected chi connectivity index (χ0v) is 18.0. The van der Waals surface area contributed by atoms with Gasteiger partial charge in [0.05, 0.1) is 18.5 Å². The Morgan fingerprint density at radius 3 is 2.50 bits per heavy atom. The van der Waals surface area contributed by atoms with Gasteiger partial charge in [0.2, 0.25) is 15.9 Å². The van der Waals surface area contributed by atoms with Crippen molar-refractivity contribution in [2.24, 2.45) is 0 Å². The van der Waals surface area contributed by atoms with Gasteiger partial charge in [0.15, 0.2) is 0 Å². The van der Waals surface area contributed by atoms with Crippen molar-refractivity contribution in [1.82, 2.24) is 19.8 Å². The van der Waals surface area contributed by atoms with Gasteiger partial charge in [-0.3, -0.25) is 0 Å². The SMILES string of the molecule is CC(C)(C)OC(=O)NCc1nnc(O)cc1N1CCN(S(C)(=O)=O)C(C)(C)C1. The lowest BCUT2D eigenvalue weighted by Crippen LogP contribution is -2.61. The smallest absolute Gasteiger partial charge is 0.407 e. The summed E-state index contributed by atoms with van der Waals surface area (Å²) in [7, 11) is -3.34. The van der Waals surface area contributed by atoms with Crippen LogP contribution in [0.25, 0.3) is 0 Å². The molecule has 2 N–H and O–H groups in total. The molecule has 0 radical (unpaired) electrons. The minimum Gasteiger partial charge on any atom is -0.492 e. The lowest BCUT2D eigenvalue weighted by Gasteiger charge is -2.46. The number of nitrogens with one attached hydrogen (secondary N) is 1. The van der Waals surface area contributed by atoms with Crippen LogP contribution in [0.5, 0.6) is 5.88 Å². The lowest BCUT2D eigenvalue weighted by molar-refractivity contribution is 0.0522. The highest BCUT2D eigenvalue weighted by atomic mass is 32.2. The third kappa shape index (κ3) is 5.68. The van der Waals surface area contributed by atoms with E-state index in [0.29, 0.717) is 31.0 Å². The molecule has 1 aliphatic heterocycles. The van der Waals surface area contributed by atoms with Gasteiger partial charge in [0.25, 0.3) is 0 Å². The van der Waals surface area contributed by atoms with Crippen LogP contribution in [0, 0.1) is 0 Å². The molecular formula is C17H29N5O5S. The number of sulfonamides is 1. The number of rotatable bonds is 4. The number of nitrogens with zero attached hydrogens (tertiary/aromatic N) is 4. The Labute approximate surface area is 165 Å². The first-order valence-electron chi connectivity index (χ1n) is 8.94. The van der Waals surface area contributed by atoms with Gasteiger partial charge in [-0.2, -0.15) is 4.31 Å². The van der Waals surface area contributed by atoms with E-state index in [0.717, 1.165) is 0 Å². The molecule has 1 fully saturated rings. The Bertz CT molecular complexity index is 835. The molecular weight excluding hydrogens is 386 g/mol. The number of carbonyl (C=O) groups is 1. The van der Waals surface area contributed by atoms with Crippen molar-refractivity contribution in [2.75, 3.05) is 30.8 Å². The van der Waals surface area contributed by atoms with E-state index in [1.807, 2.05) is 18.7 Å². The molecule has 1 saturated heterocycles. The summed E-state index contributed by atoms with van der Waals surface area (Å²) < 4.78 is 30.8. The van der Waals surface area contributed by atoms with Crippen LogP contribution in [-0.2, 0) is 21.3 Å². The fraction of sp³-hybridized carbons (Fsp3) is 0.706. The van der Waals surface area contributed by atoms with Crippen LogP contribution in [0.1, 0.15) is 40.3 Å². The van der Waals surface area contributed by atoms with Crippen molar-refractivity contribution in [3.8, 4) is 5.88 Å². The molecule has 1 amide bonds. The molecule has 1 aromatic heterocycles. The number of carbonyl (C=O) groups excluding carboxylic acids is 1. The average molecular weight is 416 g/mol. The minimum absolute atomic E-state index is 0.0598. The van der Waals surface area contributed by atoms with Crippen molar-refractivity contribution in [1.29, 1.82) is 0 Å². The first kappa shape index (κ1) is 22.2. The summed E-state index contributed by atoms with van der Waals surface area (Å²) in [6.07, 6.45) is 0.607. The fourth-order valence-corrected chi connectivity index (χ4v) is 4.60. The molecule has 0 aliphatic carbocycles. The second-order valence-corrected chi connectivity index (χ2v) is 10.4. The number of aromatic nitrogens is 2. The zero-order chi connectivity index (χ0) is 21.3. The number of aromatic hydroxyl groups is 1. The van der Waals surface area contributed by atoms with Gasteiger partial charge in [-0.15, -0.1) is 10.2 Å². The number of amides is 1. The predicted molar refractivity (Wildman–Crippen MR) is 105 cm³/mol. The summed E-state index contributed by atoms with van der Waals surface area (Å²) in [5.74, 6) is -0.251. The van der Waals surface area contributed by atoms with Crippen molar-refractivity contribution in [2.45, 2.75) is 52.3 Å². The summed E-state index contributed by atoms with van der Waals surface area (Å²) in [5.41, 5.74) is -0.239. The molecule has 0 bridgehead atoms. The second kappa shape index (κ2) is 7.70. The summed E-state index contributed by atoms with van der Waals surface area (Å²) in [5, 5.41) is 20.1. The molecule has 0 saturated carbocycles. The van der Waals surface area contributed by atoms with Crippen LogP contribution >= 0.6 is 0 Å². The van der Waals surface area contributed by atoms with Crippen LogP contribution in [-0.4, -0.2) is 71.2 Å². The van der Waals surface area contributed by atoms with Crippen LogP contribution in [0.4, 0.5) is 10.5 Å². The third-order valence-electron chi connectivity index (χ3n) is 4.20. The Morgan fingerprint density at radius 2 is 1.96 bits per heavy atom. The van der Waals surface area contributed by atoms with Gasteiger partial charge in [-0.1, -0.05) is 0 Å². The monoisotopic (exact) mass is 415 g/mol. The Morgan fingerprint density at radius 1 is 1.32 bits per heavy atom. The van der Waals surface area contributed by atoms with E-state index in [2.05, 4.69) is 15.5 Å². The highest BCUT2D eigenvalue weighted by Crippen LogP contribution is 2.30. The number of anilines is 1. The molecule has 2 rings (SSSR count). The zero-order valence-electron chi connectivity index (χ0n) is 17.2. The summed E-state index contributed by atoms with van der Waals surface area (Å²) in [6, 6.07) is 1.46. The van der Waals surface area contributed by atoms with Crippen LogP contribution in [0.2, 0.25) is 0 Å². The van der Waals surface area contributed by atoms with Crippen molar-refractivity contribution < 1.29 is 23.1 Å². The predicted octanol–water partition coefficient (Wildman–Crippen LogP) is 1.07. The lowest BCUT2D eigenvalue weighted by atomic mass is 10.0. The van der Waals surface area contributed by atoms with E-state index >= 15 is 0 Å². The van der Waals surface area contributed by atoms with Gasteiger partial charge in [0, 0.05) is 31.2 Å². The van der Waals surface area contributed by atoms with E-state index in [4.69, 9.17) is 4.74 Å². The largest absolute Gasteiger partial charge is 0.492 e. The topological polar surface area (TPSA) is 125 Å². The summed E-state index contributed by atoms with van der Waals surface area (Å²) in [4.78, 5) is 13.9. The van der Waals surface area contributed by atoms with Gasteiger partial charge < -0.3 is 20.1 Å². The van der Waals surface area contributed by atoms with Crippen LogP contribution < -0.4 is 10.2 Å². The first-order chi connectivity index (χ1) is 12.7. The number of hydrogen-bond donors (Lipinski definition) is 2. The molecule has 0 unspecified atom stereocenters. The quantitative estimate of drug-likeness (QED) is 0.748. The van der Waals surface area contributed by atoms with Gasteiger partial charge in [0.1, 0.15) is 11.3 Å². The molecule has 11 heteroatoms. The highest BCUT2D eigenvalue weighted by Gasteiger charge is 2.39. The second-order valence-electron chi connectivity index (χ2n) is 8.46. The maximum Gasteiger partial charge on any atom is 0.407 e. The van der Waals surface area contributed by atoms with Gasteiger partial charge >= 0.3 is 6.09 Å². The average Bonchev–Trinajstić information content (AvgIpc) is 2.49. The van der Waals surface area contributed by atoms with Crippen molar-refractivity contribution in [3.05, 3.63) is 11.8 Å². The Balaban J connectivity index is 2.20. The van der Waals surface area contributed by atoms with Crippen molar-refractivity contribution in [3.63, 3.8) is 0 Å². The Hall–Kier alpha value is -2.14. The minimum atomic E-state index is -3.34. The third-order valence-corrected chi connectivity index (χ3v) is 5.68.